The van der Waals surface area contributed by atoms with Crippen molar-refractivity contribution in [3.05, 3.63) is 21.7 Å². The van der Waals surface area contributed by atoms with Crippen molar-refractivity contribution < 1.29 is 14.3 Å². The van der Waals surface area contributed by atoms with E-state index in [9.17, 15) is 4.79 Å². The SMILES string of the molecule is CCc1c(OC)c(OC)cc(Br)c1C(=O)CNC. The number of carbonyl (C=O) groups is 1. The van der Waals surface area contributed by atoms with Gasteiger partial charge in [0.25, 0.3) is 0 Å². The average molecular weight is 316 g/mol. The second-order valence-electron chi connectivity index (χ2n) is 3.75. The van der Waals surface area contributed by atoms with Crippen molar-refractivity contribution in [2.24, 2.45) is 0 Å². The molecule has 0 amide bonds. The van der Waals surface area contributed by atoms with Crippen LogP contribution in [0.15, 0.2) is 10.5 Å². The highest BCUT2D eigenvalue weighted by molar-refractivity contribution is 9.10. The third-order valence-corrected chi connectivity index (χ3v) is 3.32. The molecule has 0 aromatic heterocycles. The molecule has 0 bridgehead atoms. The summed E-state index contributed by atoms with van der Waals surface area (Å²) in [7, 11) is 4.91. The predicted molar refractivity (Wildman–Crippen MR) is 74.9 cm³/mol. The van der Waals surface area contributed by atoms with Crippen LogP contribution in [0.4, 0.5) is 0 Å². The number of hydrogen-bond acceptors (Lipinski definition) is 4. The number of hydrogen-bond donors (Lipinski definition) is 1. The predicted octanol–water partition coefficient (Wildman–Crippen LogP) is 2.43. The monoisotopic (exact) mass is 315 g/mol. The van der Waals surface area contributed by atoms with Crippen molar-refractivity contribution in [1.29, 1.82) is 0 Å². The van der Waals surface area contributed by atoms with Crippen LogP contribution in [0.2, 0.25) is 0 Å². The fourth-order valence-corrected chi connectivity index (χ4v) is 2.59. The Balaban J connectivity index is 3.45. The van der Waals surface area contributed by atoms with Gasteiger partial charge in [0.05, 0.1) is 20.8 Å². The van der Waals surface area contributed by atoms with Gasteiger partial charge in [0.2, 0.25) is 0 Å². The zero-order chi connectivity index (χ0) is 13.7. The van der Waals surface area contributed by atoms with Crippen LogP contribution in [0.3, 0.4) is 0 Å². The molecule has 0 atom stereocenters. The fraction of sp³-hybridized carbons (Fsp3) is 0.462. The third kappa shape index (κ3) is 2.84. The van der Waals surface area contributed by atoms with Crippen molar-refractivity contribution >= 4 is 21.7 Å². The van der Waals surface area contributed by atoms with E-state index in [0.29, 0.717) is 30.0 Å². The van der Waals surface area contributed by atoms with E-state index >= 15 is 0 Å². The Labute approximate surface area is 116 Å². The van der Waals surface area contributed by atoms with Crippen LogP contribution in [-0.2, 0) is 6.42 Å². The number of rotatable bonds is 6. The minimum atomic E-state index is 0.0298. The lowest BCUT2D eigenvalue weighted by molar-refractivity contribution is 0.0991. The number of nitrogens with one attached hydrogen (secondary N) is 1. The van der Waals surface area contributed by atoms with Crippen LogP contribution in [0.25, 0.3) is 0 Å². The van der Waals surface area contributed by atoms with Crippen molar-refractivity contribution in [2.75, 3.05) is 27.8 Å². The molecule has 5 heteroatoms. The van der Waals surface area contributed by atoms with E-state index in [0.717, 1.165) is 10.0 Å². The van der Waals surface area contributed by atoms with Crippen molar-refractivity contribution in [1.82, 2.24) is 5.32 Å². The zero-order valence-electron chi connectivity index (χ0n) is 11.1. The number of halogens is 1. The molecule has 0 saturated carbocycles. The topological polar surface area (TPSA) is 47.6 Å². The molecule has 0 radical (unpaired) electrons. The summed E-state index contributed by atoms with van der Waals surface area (Å²) < 4.78 is 11.4. The van der Waals surface area contributed by atoms with E-state index in [-0.39, 0.29) is 5.78 Å². The Morgan fingerprint density at radius 1 is 1.39 bits per heavy atom. The maximum atomic E-state index is 12.1. The molecule has 0 saturated heterocycles. The third-order valence-electron chi connectivity index (χ3n) is 2.69. The molecule has 100 valence electrons. The van der Waals surface area contributed by atoms with Gasteiger partial charge in [-0.3, -0.25) is 4.79 Å². The molecule has 1 aromatic rings. The lowest BCUT2D eigenvalue weighted by Crippen LogP contribution is -2.20. The van der Waals surface area contributed by atoms with Gasteiger partial charge >= 0.3 is 0 Å². The normalized spacial score (nSPS) is 10.3. The van der Waals surface area contributed by atoms with Crippen LogP contribution in [0.5, 0.6) is 11.5 Å². The molecule has 0 unspecified atom stereocenters. The Hall–Kier alpha value is -1.07. The van der Waals surface area contributed by atoms with Gasteiger partial charge in [0, 0.05) is 15.6 Å². The highest BCUT2D eigenvalue weighted by Gasteiger charge is 2.21. The lowest BCUT2D eigenvalue weighted by Gasteiger charge is -2.17. The minimum Gasteiger partial charge on any atom is -0.493 e. The summed E-state index contributed by atoms with van der Waals surface area (Å²) in [5.74, 6) is 1.28. The van der Waals surface area contributed by atoms with Gasteiger partial charge in [-0.2, -0.15) is 0 Å². The van der Waals surface area contributed by atoms with Crippen LogP contribution < -0.4 is 14.8 Å². The molecule has 18 heavy (non-hydrogen) atoms. The van der Waals surface area contributed by atoms with Crippen LogP contribution in [0.1, 0.15) is 22.8 Å². The van der Waals surface area contributed by atoms with Gasteiger partial charge in [0.15, 0.2) is 17.3 Å². The second-order valence-corrected chi connectivity index (χ2v) is 4.61. The number of benzene rings is 1. The summed E-state index contributed by atoms with van der Waals surface area (Å²) in [6.45, 7) is 2.28. The van der Waals surface area contributed by atoms with Crippen LogP contribution in [0, 0.1) is 0 Å². The molecule has 4 nitrogen and oxygen atoms in total. The molecule has 0 heterocycles. The highest BCUT2D eigenvalue weighted by atomic mass is 79.9. The van der Waals surface area contributed by atoms with Gasteiger partial charge in [-0.05, 0) is 35.5 Å². The summed E-state index contributed by atoms with van der Waals surface area (Å²) in [6.07, 6.45) is 0.698. The molecule has 0 aliphatic carbocycles. The van der Waals surface area contributed by atoms with E-state index in [2.05, 4.69) is 21.2 Å². The number of ether oxygens (including phenoxy) is 2. The van der Waals surface area contributed by atoms with Crippen molar-refractivity contribution in [3.63, 3.8) is 0 Å². The Bertz CT molecular complexity index is 446. The molecule has 0 aliphatic rings. The van der Waals surface area contributed by atoms with E-state index in [4.69, 9.17) is 9.47 Å². The van der Waals surface area contributed by atoms with E-state index in [1.165, 1.54) is 0 Å². The standard InChI is InChI=1S/C13H18BrNO3/c1-5-8-12(10(16)7-15-2)9(14)6-11(17-3)13(8)18-4/h6,15H,5,7H2,1-4H3. The quantitative estimate of drug-likeness (QED) is 0.819. The first-order valence-electron chi connectivity index (χ1n) is 5.71. The van der Waals surface area contributed by atoms with E-state index in [1.807, 2.05) is 6.92 Å². The largest absolute Gasteiger partial charge is 0.493 e. The molecule has 0 aliphatic heterocycles. The Kier molecular flexibility index (Phi) is 5.62. The first kappa shape index (κ1) is 15.0. The maximum Gasteiger partial charge on any atom is 0.178 e. The fourth-order valence-electron chi connectivity index (χ4n) is 1.92. The lowest BCUT2D eigenvalue weighted by atomic mass is 9.99. The first-order valence-corrected chi connectivity index (χ1v) is 6.51. The van der Waals surface area contributed by atoms with Gasteiger partial charge in [0.1, 0.15) is 0 Å². The molecule has 0 fully saturated rings. The van der Waals surface area contributed by atoms with Crippen LogP contribution >= 0.6 is 15.9 Å². The number of ketones is 1. The van der Waals surface area contributed by atoms with E-state index < -0.39 is 0 Å². The molecular weight excluding hydrogens is 298 g/mol. The maximum absolute atomic E-state index is 12.1. The zero-order valence-corrected chi connectivity index (χ0v) is 12.7. The van der Waals surface area contributed by atoms with Gasteiger partial charge < -0.3 is 14.8 Å². The number of carbonyl (C=O) groups excluding carboxylic acids is 1. The molecule has 1 rings (SSSR count). The smallest absolute Gasteiger partial charge is 0.178 e. The minimum absolute atomic E-state index is 0.0298. The molecular formula is C13H18BrNO3. The Morgan fingerprint density at radius 3 is 2.50 bits per heavy atom. The first-order chi connectivity index (χ1) is 8.60. The number of likely N-dealkylation sites (N-methyl/N-ethyl adjacent to an activating group) is 1. The van der Waals surface area contributed by atoms with Crippen LogP contribution in [-0.4, -0.2) is 33.6 Å². The number of methoxy groups -OCH3 is 2. The average Bonchev–Trinajstić information content (AvgIpc) is 2.37. The summed E-state index contributed by atoms with van der Waals surface area (Å²) in [6, 6.07) is 1.76. The van der Waals surface area contributed by atoms with Gasteiger partial charge in [-0.1, -0.05) is 6.92 Å². The second kappa shape index (κ2) is 6.75. The van der Waals surface area contributed by atoms with Gasteiger partial charge in [-0.15, -0.1) is 0 Å². The van der Waals surface area contributed by atoms with Crippen molar-refractivity contribution in [3.8, 4) is 11.5 Å². The molecule has 0 spiro atoms. The van der Waals surface area contributed by atoms with E-state index in [1.54, 1.807) is 27.3 Å². The van der Waals surface area contributed by atoms with Crippen molar-refractivity contribution in [2.45, 2.75) is 13.3 Å². The summed E-state index contributed by atoms with van der Waals surface area (Å²) >= 11 is 3.43. The molecule has 1 aromatic carbocycles. The summed E-state index contributed by atoms with van der Waals surface area (Å²) in [5.41, 5.74) is 1.52. The van der Waals surface area contributed by atoms with Gasteiger partial charge in [-0.25, -0.2) is 0 Å². The summed E-state index contributed by atoms with van der Waals surface area (Å²) in [4.78, 5) is 12.1. The molecule has 1 N–H and O–H groups in total. The number of Topliss-reactive ketones (excluding diaryl/α,β-unsaturated/α-hetero) is 1. The summed E-state index contributed by atoms with van der Waals surface area (Å²) in [5, 5.41) is 2.87. The highest BCUT2D eigenvalue weighted by Crippen LogP contribution is 2.38. The Morgan fingerprint density at radius 2 is 2.06 bits per heavy atom.